The van der Waals surface area contributed by atoms with Crippen molar-refractivity contribution in [3.8, 4) is 5.75 Å². The molecule has 2 amide bonds. The summed E-state index contributed by atoms with van der Waals surface area (Å²) in [7, 11) is 0. The minimum Gasteiger partial charge on any atom is -0.483 e. The Labute approximate surface area is 192 Å². The van der Waals surface area contributed by atoms with Gasteiger partial charge >= 0.3 is 0 Å². The summed E-state index contributed by atoms with van der Waals surface area (Å²) in [6.45, 7) is 3.02. The third-order valence-corrected chi connectivity index (χ3v) is 6.50. The highest BCUT2D eigenvalue weighted by atomic mass is 32.1. The maximum atomic E-state index is 12.7. The fourth-order valence-electron chi connectivity index (χ4n) is 3.85. The monoisotopic (exact) mass is 449 g/mol. The largest absolute Gasteiger partial charge is 0.483 e. The average molecular weight is 450 g/mol. The number of para-hydroxylation sites is 1. The summed E-state index contributed by atoms with van der Waals surface area (Å²) in [6, 6.07) is 18.0. The summed E-state index contributed by atoms with van der Waals surface area (Å²) in [5.41, 5.74) is 3.15. The van der Waals surface area contributed by atoms with Gasteiger partial charge in [0.2, 0.25) is 5.91 Å². The molecule has 0 aliphatic carbocycles. The first kappa shape index (κ1) is 22.0. The number of benzene rings is 2. The molecule has 4 rings (SSSR count). The van der Waals surface area contributed by atoms with Crippen LogP contribution in [-0.4, -0.2) is 41.4 Å². The van der Waals surface area contributed by atoms with E-state index in [0.29, 0.717) is 31.1 Å². The summed E-state index contributed by atoms with van der Waals surface area (Å²) in [5, 5.41) is 5.43. The van der Waals surface area contributed by atoms with Crippen molar-refractivity contribution in [1.29, 1.82) is 0 Å². The molecule has 0 saturated carbocycles. The first-order valence-corrected chi connectivity index (χ1v) is 11.7. The van der Waals surface area contributed by atoms with Gasteiger partial charge in [0.1, 0.15) is 5.75 Å². The van der Waals surface area contributed by atoms with E-state index in [2.05, 4.69) is 22.4 Å². The highest BCUT2D eigenvalue weighted by molar-refractivity contribution is 7.13. The summed E-state index contributed by atoms with van der Waals surface area (Å²) in [6.07, 6.45) is 2.05. The molecule has 2 aromatic carbocycles. The molecule has 0 bridgehead atoms. The number of amides is 2. The first-order chi connectivity index (χ1) is 15.6. The van der Waals surface area contributed by atoms with E-state index in [9.17, 15) is 9.59 Å². The number of anilines is 1. The number of aryl methyl sites for hydroxylation is 1. The second kappa shape index (κ2) is 10.4. The lowest BCUT2D eigenvalue weighted by molar-refractivity contribution is -0.136. The Morgan fingerprint density at radius 3 is 2.53 bits per heavy atom. The zero-order valence-corrected chi connectivity index (χ0v) is 18.9. The molecular formula is C25H27N3O3S. The van der Waals surface area contributed by atoms with Gasteiger partial charge in [0.15, 0.2) is 11.7 Å². The van der Waals surface area contributed by atoms with Gasteiger partial charge in [-0.15, -0.1) is 11.3 Å². The number of rotatable bonds is 7. The zero-order chi connectivity index (χ0) is 22.3. The van der Waals surface area contributed by atoms with Crippen LogP contribution in [0.2, 0.25) is 0 Å². The van der Waals surface area contributed by atoms with Crippen molar-refractivity contribution in [1.82, 2.24) is 9.88 Å². The van der Waals surface area contributed by atoms with E-state index in [1.54, 1.807) is 4.90 Å². The van der Waals surface area contributed by atoms with Crippen molar-refractivity contribution in [3.63, 3.8) is 0 Å². The molecule has 166 valence electrons. The number of hydrogen-bond donors (Lipinski definition) is 1. The fraction of sp³-hybridized carbons (Fsp3) is 0.320. The molecule has 1 N–H and O–H groups in total. The van der Waals surface area contributed by atoms with Crippen molar-refractivity contribution in [2.24, 2.45) is 5.92 Å². The standard InChI is InChI=1S/C25H27N3O3S/c1-18-17-32-25(26-18)27-24(30)20-11-13-28(14-12-20)23(29)16-31-22-10-6-5-9-21(22)15-19-7-3-2-4-8-19/h2-10,17,20H,11-16H2,1H3,(H,26,27,30). The third kappa shape index (κ3) is 5.73. The predicted molar refractivity (Wildman–Crippen MR) is 126 cm³/mol. The molecule has 1 aromatic heterocycles. The van der Waals surface area contributed by atoms with Gasteiger partial charge in [-0.25, -0.2) is 4.98 Å². The second-order valence-corrected chi connectivity index (χ2v) is 8.86. The van der Waals surface area contributed by atoms with Crippen LogP contribution in [0.15, 0.2) is 60.0 Å². The summed E-state index contributed by atoms with van der Waals surface area (Å²) < 4.78 is 5.90. The third-order valence-electron chi connectivity index (χ3n) is 5.63. The number of hydrogen-bond acceptors (Lipinski definition) is 5. The van der Waals surface area contributed by atoms with Gasteiger partial charge < -0.3 is 15.0 Å². The molecule has 0 spiro atoms. The van der Waals surface area contributed by atoms with Gasteiger partial charge in [0, 0.05) is 30.8 Å². The normalized spacial score (nSPS) is 14.2. The lowest BCUT2D eigenvalue weighted by Gasteiger charge is -2.31. The Bertz CT molecular complexity index is 1060. The smallest absolute Gasteiger partial charge is 0.260 e. The maximum Gasteiger partial charge on any atom is 0.260 e. The topological polar surface area (TPSA) is 71.5 Å². The summed E-state index contributed by atoms with van der Waals surface area (Å²) in [4.78, 5) is 31.3. The van der Waals surface area contributed by atoms with E-state index >= 15 is 0 Å². The Balaban J connectivity index is 1.26. The molecule has 7 heteroatoms. The second-order valence-electron chi connectivity index (χ2n) is 8.00. The number of carbonyl (C=O) groups is 2. The molecule has 1 aliphatic heterocycles. The van der Waals surface area contributed by atoms with E-state index in [-0.39, 0.29) is 24.3 Å². The molecule has 3 aromatic rings. The van der Waals surface area contributed by atoms with Crippen LogP contribution in [0.25, 0.3) is 0 Å². The van der Waals surface area contributed by atoms with Crippen molar-refractivity contribution < 1.29 is 14.3 Å². The van der Waals surface area contributed by atoms with Gasteiger partial charge in [0.05, 0.1) is 5.69 Å². The lowest BCUT2D eigenvalue weighted by Crippen LogP contribution is -2.43. The zero-order valence-electron chi connectivity index (χ0n) is 18.1. The van der Waals surface area contributed by atoms with Gasteiger partial charge in [-0.1, -0.05) is 48.5 Å². The molecule has 6 nitrogen and oxygen atoms in total. The van der Waals surface area contributed by atoms with E-state index in [4.69, 9.17) is 4.74 Å². The average Bonchev–Trinajstić information content (AvgIpc) is 3.23. The van der Waals surface area contributed by atoms with Crippen LogP contribution >= 0.6 is 11.3 Å². The highest BCUT2D eigenvalue weighted by Crippen LogP contribution is 2.23. The highest BCUT2D eigenvalue weighted by Gasteiger charge is 2.28. The SMILES string of the molecule is Cc1csc(NC(=O)C2CCN(C(=O)COc3ccccc3Cc3ccccc3)CC2)n1. The Hall–Kier alpha value is -3.19. The van der Waals surface area contributed by atoms with Crippen LogP contribution in [0.1, 0.15) is 29.7 Å². The summed E-state index contributed by atoms with van der Waals surface area (Å²) in [5.74, 6) is 0.569. The molecule has 2 heterocycles. The van der Waals surface area contributed by atoms with Gasteiger partial charge in [-0.3, -0.25) is 9.59 Å². The molecule has 32 heavy (non-hydrogen) atoms. The maximum absolute atomic E-state index is 12.7. The van der Waals surface area contributed by atoms with Gasteiger partial charge in [-0.2, -0.15) is 0 Å². The van der Waals surface area contributed by atoms with Crippen LogP contribution in [0.4, 0.5) is 5.13 Å². The van der Waals surface area contributed by atoms with Crippen molar-refractivity contribution in [2.45, 2.75) is 26.2 Å². The minimum atomic E-state index is -0.101. The molecule has 1 fully saturated rings. The van der Waals surface area contributed by atoms with Crippen LogP contribution in [0.5, 0.6) is 5.75 Å². The van der Waals surface area contributed by atoms with Crippen molar-refractivity contribution in [2.75, 3.05) is 25.0 Å². The molecular weight excluding hydrogens is 422 g/mol. The van der Waals surface area contributed by atoms with Crippen LogP contribution in [-0.2, 0) is 16.0 Å². The number of carbonyl (C=O) groups excluding carboxylic acids is 2. The summed E-state index contributed by atoms with van der Waals surface area (Å²) >= 11 is 1.43. The predicted octanol–water partition coefficient (Wildman–Crippen LogP) is 4.30. The quantitative estimate of drug-likeness (QED) is 0.584. The van der Waals surface area contributed by atoms with E-state index in [1.807, 2.05) is 54.8 Å². The Morgan fingerprint density at radius 2 is 1.81 bits per heavy atom. The van der Waals surface area contributed by atoms with Gasteiger partial charge in [-0.05, 0) is 37.0 Å². The van der Waals surface area contributed by atoms with Crippen LogP contribution in [0.3, 0.4) is 0 Å². The Morgan fingerprint density at radius 1 is 1.09 bits per heavy atom. The van der Waals surface area contributed by atoms with Crippen molar-refractivity contribution in [3.05, 3.63) is 76.8 Å². The number of thiazole rings is 1. The number of likely N-dealkylation sites (tertiary alicyclic amines) is 1. The number of nitrogens with zero attached hydrogens (tertiary/aromatic N) is 2. The van der Waals surface area contributed by atoms with E-state index in [1.165, 1.54) is 16.9 Å². The molecule has 1 aliphatic rings. The first-order valence-electron chi connectivity index (χ1n) is 10.8. The van der Waals surface area contributed by atoms with Gasteiger partial charge in [0.25, 0.3) is 5.91 Å². The molecule has 0 unspecified atom stereocenters. The number of ether oxygens (including phenoxy) is 1. The molecule has 0 radical (unpaired) electrons. The van der Waals surface area contributed by atoms with Crippen LogP contribution < -0.4 is 10.1 Å². The molecule has 1 saturated heterocycles. The van der Waals surface area contributed by atoms with E-state index < -0.39 is 0 Å². The lowest BCUT2D eigenvalue weighted by atomic mass is 9.96. The van der Waals surface area contributed by atoms with Crippen molar-refractivity contribution >= 4 is 28.3 Å². The number of aromatic nitrogens is 1. The number of piperidine rings is 1. The van der Waals surface area contributed by atoms with E-state index in [0.717, 1.165) is 23.4 Å². The fourth-order valence-corrected chi connectivity index (χ4v) is 4.54. The Kier molecular flexibility index (Phi) is 7.17. The number of nitrogens with one attached hydrogen (secondary N) is 1. The van der Waals surface area contributed by atoms with Crippen LogP contribution in [0, 0.1) is 12.8 Å². The molecule has 0 atom stereocenters. The minimum absolute atomic E-state index is 0.00105.